The van der Waals surface area contributed by atoms with E-state index in [-0.39, 0.29) is 0 Å². The second-order valence-electron chi connectivity index (χ2n) is 8.80. The molecule has 0 atom stereocenters. The van der Waals surface area contributed by atoms with Gasteiger partial charge in [0.25, 0.3) is 0 Å². The molecule has 1 aliphatic carbocycles. The minimum absolute atomic E-state index is 0.746. The summed E-state index contributed by atoms with van der Waals surface area (Å²) in [7, 11) is 0. The summed E-state index contributed by atoms with van der Waals surface area (Å²) in [4.78, 5) is 0. The molecule has 0 amide bonds. The molecule has 0 bridgehead atoms. The summed E-state index contributed by atoms with van der Waals surface area (Å²) in [6, 6.07) is 0. The Labute approximate surface area is 154 Å². The van der Waals surface area contributed by atoms with E-state index in [1.807, 2.05) is 0 Å². The zero-order valence-electron chi connectivity index (χ0n) is 17.3. The smallest absolute Gasteiger partial charge is 0.0297 e. The predicted molar refractivity (Wildman–Crippen MR) is 111 cm³/mol. The zero-order valence-corrected chi connectivity index (χ0v) is 17.3. The van der Waals surface area contributed by atoms with Crippen molar-refractivity contribution >= 4 is 0 Å². The molecule has 1 saturated carbocycles. The van der Waals surface area contributed by atoms with E-state index in [0.717, 1.165) is 5.41 Å². The monoisotopic (exact) mass is 336 g/mol. The average molecular weight is 337 g/mol. The standard InChI is InChI=1S/C24H48/c1-3-5-7-9-12-16-20-24(21-17-13-10-8-6-4-2)22-18-14-11-15-19-23-24/h3-23H2,1-2H3. The van der Waals surface area contributed by atoms with Gasteiger partial charge in [0.15, 0.2) is 0 Å². The van der Waals surface area contributed by atoms with Crippen LogP contribution in [0.15, 0.2) is 0 Å². The molecule has 0 saturated heterocycles. The van der Waals surface area contributed by atoms with Crippen LogP contribution in [0.5, 0.6) is 0 Å². The van der Waals surface area contributed by atoms with Gasteiger partial charge < -0.3 is 0 Å². The quantitative estimate of drug-likeness (QED) is 0.277. The van der Waals surface area contributed by atoms with Gasteiger partial charge in [-0.2, -0.15) is 0 Å². The van der Waals surface area contributed by atoms with E-state index in [2.05, 4.69) is 13.8 Å². The van der Waals surface area contributed by atoms with Crippen molar-refractivity contribution in [3.8, 4) is 0 Å². The van der Waals surface area contributed by atoms with Crippen molar-refractivity contribution in [2.45, 2.75) is 149 Å². The summed E-state index contributed by atoms with van der Waals surface area (Å²) in [6.07, 6.45) is 31.4. The number of hydrogen-bond acceptors (Lipinski definition) is 0. The van der Waals surface area contributed by atoms with Gasteiger partial charge in [-0.25, -0.2) is 0 Å². The highest BCUT2D eigenvalue weighted by molar-refractivity contribution is 4.81. The van der Waals surface area contributed by atoms with E-state index < -0.39 is 0 Å². The van der Waals surface area contributed by atoms with Gasteiger partial charge in [-0.3, -0.25) is 0 Å². The van der Waals surface area contributed by atoms with Crippen molar-refractivity contribution in [3.63, 3.8) is 0 Å². The summed E-state index contributed by atoms with van der Waals surface area (Å²) < 4.78 is 0. The van der Waals surface area contributed by atoms with Gasteiger partial charge in [0.2, 0.25) is 0 Å². The molecule has 0 aliphatic heterocycles. The number of unbranched alkanes of at least 4 members (excludes halogenated alkanes) is 10. The van der Waals surface area contributed by atoms with E-state index in [9.17, 15) is 0 Å². The van der Waals surface area contributed by atoms with Crippen molar-refractivity contribution in [3.05, 3.63) is 0 Å². The first kappa shape index (κ1) is 22.0. The molecule has 0 aromatic rings. The molecule has 1 fully saturated rings. The Balaban J connectivity index is 2.31. The van der Waals surface area contributed by atoms with Crippen LogP contribution in [0.2, 0.25) is 0 Å². The van der Waals surface area contributed by atoms with E-state index in [1.165, 1.54) is 109 Å². The normalized spacial score (nSPS) is 18.2. The SMILES string of the molecule is CCCCCCCCC1(CCCCCCCC)CCCCCCC1. The molecule has 0 aromatic carbocycles. The summed E-state index contributed by atoms with van der Waals surface area (Å²) >= 11 is 0. The van der Waals surface area contributed by atoms with Crippen LogP contribution < -0.4 is 0 Å². The molecule has 0 unspecified atom stereocenters. The average Bonchev–Trinajstić information content (AvgIpc) is 2.57. The van der Waals surface area contributed by atoms with Gasteiger partial charge in [0, 0.05) is 0 Å². The fourth-order valence-corrected chi connectivity index (χ4v) is 4.84. The van der Waals surface area contributed by atoms with Gasteiger partial charge in [-0.1, -0.05) is 123 Å². The van der Waals surface area contributed by atoms with Crippen LogP contribution in [0.25, 0.3) is 0 Å². The maximum absolute atomic E-state index is 2.32. The van der Waals surface area contributed by atoms with Crippen molar-refractivity contribution in [1.82, 2.24) is 0 Å². The van der Waals surface area contributed by atoms with Crippen molar-refractivity contribution in [2.75, 3.05) is 0 Å². The maximum Gasteiger partial charge on any atom is -0.0297 e. The summed E-state index contributed by atoms with van der Waals surface area (Å²) in [6.45, 7) is 4.65. The molecule has 0 radical (unpaired) electrons. The first-order valence-corrected chi connectivity index (χ1v) is 11.8. The molecule has 144 valence electrons. The molecular weight excluding hydrogens is 288 g/mol. The van der Waals surface area contributed by atoms with Gasteiger partial charge in [-0.15, -0.1) is 0 Å². The van der Waals surface area contributed by atoms with E-state index in [1.54, 1.807) is 25.7 Å². The van der Waals surface area contributed by atoms with Crippen LogP contribution in [0.4, 0.5) is 0 Å². The van der Waals surface area contributed by atoms with Crippen LogP contribution >= 0.6 is 0 Å². The van der Waals surface area contributed by atoms with Crippen LogP contribution in [-0.2, 0) is 0 Å². The Morgan fingerprint density at radius 3 is 1.29 bits per heavy atom. The van der Waals surface area contributed by atoms with Gasteiger partial charge in [-0.05, 0) is 31.1 Å². The second kappa shape index (κ2) is 15.3. The molecule has 24 heavy (non-hydrogen) atoms. The minimum Gasteiger partial charge on any atom is -0.0654 e. The molecule has 1 aliphatic rings. The Morgan fingerprint density at radius 2 is 0.833 bits per heavy atom. The largest absolute Gasteiger partial charge is 0.0654 e. The van der Waals surface area contributed by atoms with Crippen molar-refractivity contribution in [2.24, 2.45) is 5.41 Å². The fraction of sp³-hybridized carbons (Fsp3) is 1.00. The molecule has 0 aromatic heterocycles. The Morgan fingerprint density at radius 1 is 0.458 bits per heavy atom. The first-order chi connectivity index (χ1) is 11.8. The lowest BCUT2D eigenvalue weighted by atomic mass is 9.69. The molecular formula is C24H48. The Hall–Kier alpha value is 0. The van der Waals surface area contributed by atoms with E-state index >= 15 is 0 Å². The third-order valence-corrected chi connectivity index (χ3v) is 6.54. The first-order valence-electron chi connectivity index (χ1n) is 11.8. The molecule has 0 N–H and O–H groups in total. The molecule has 0 heteroatoms. The third kappa shape index (κ3) is 10.8. The van der Waals surface area contributed by atoms with E-state index in [4.69, 9.17) is 0 Å². The van der Waals surface area contributed by atoms with Crippen LogP contribution in [0.1, 0.15) is 149 Å². The number of hydrogen-bond donors (Lipinski definition) is 0. The van der Waals surface area contributed by atoms with Gasteiger partial charge in [0.1, 0.15) is 0 Å². The van der Waals surface area contributed by atoms with Crippen molar-refractivity contribution in [1.29, 1.82) is 0 Å². The highest BCUT2D eigenvalue weighted by Gasteiger charge is 2.28. The number of rotatable bonds is 14. The van der Waals surface area contributed by atoms with E-state index in [0.29, 0.717) is 0 Å². The lowest BCUT2D eigenvalue weighted by Crippen LogP contribution is -2.22. The lowest BCUT2D eigenvalue weighted by Gasteiger charge is -2.36. The molecule has 0 spiro atoms. The predicted octanol–water partition coefficient (Wildman–Crippen LogP) is 9.22. The van der Waals surface area contributed by atoms with Crippen LogP contribution in [-0.4, -0.2) is 0 Å². The van der Waals surface area contributed by atoms with Gasteiger partial charge >= 0.3 is 0 Å². The maximum atomic E-state index is 2.32. The minimum atomic E-state index is 0.746. The zero-order chi connectivity index (χ0) is 17.3. The fourth-order valence-electron chi connectivity index (χ4n) is 4.84. The van der Waals surface area contributed by atoms with Crippen molar-refractivity contribution < 1.29 is 0 Å². The Kier molecular flexibility index (Phi) is 14.0. The lowest BCUT2D eigenvalue weighted by molar-refractivity contribution is 0.163. The van der Waals surface area contributed by atoms with Crippen LogP contribution in [0, 0.1) is 5.41 Å². The third-order valence-electron chi connectivity index (χ3n) is 6.54. The molecule has 0 nitrogen and oxygen atoms in total. The van der Waals surface area contributed by atoms with Gasteiger partial charge in [0.05, 0.1) is 0 Å². The topological polar surface area (TPSA) is 0 Å². The Bertz CT molecular complexity index is 229. The summed E-state index contributed by atoms with van der Waals surface area (Å²) in [5.74, 6) is 0. The van der Waals surface area contributed by atoms with Crippen LogP contribution in [0.3, 0.4) is 0 Å². The second-order valence-corrected chi connectivity index (χ2v) is 8.80. The summed E-state index contributed by atoms with van der Waals surface area (Å²) in [5.41, 5.74) is 0.746. The molecule has 1 rings (SSSR count). The molecule has 0 heterocycles. The highest BCUT2D eigenvalue weighted by atomic mass is 14.3. The highest BCUT2D eigenvalue weighted by Crippen LogP contribution is 2.43. The summed E-state index contributed by atoms with van der Waals surface area (Å²) in [5, 5.41) is 0.